The van der Waals surface area contributed by atoms with E-state index in [2.05, 4.69) is 101 Å². The molecule has 4 nitrogen and oxygen atoms in total. The molecular weight excluding hydrogens is 456 g/mol. The minimum Gasteiger partial charge on any atom is -0.361 e. The van der Waals surface area contributed by atoms with Gasteiger partial charge < -0.3 is 20.6 Å². The molecule has 3 heterocycles. The molecule has 1 aliphatic heterocycles. The van der Waals surface area contributed by atoms with Crippen LogP contribution in [-0.4, -0.2) is 23.1 Å². The number of benzene rings is 2. The van der Waals surface area contributed by atoms with E-state index in [0.29, 0.717) is 12.1 Å². The van der Waals surface area contributed by atoms with Crippen LogP contribution >= 0.6 is 31.9 Å². The van der Waals surface area contributed by atoms with Gasteiger partial charge in [0.2, 0.25) is 0 Å². The van der Waals surface area contributed by atoms with Crippen LogP contribution in [0, 0.1) is 0 Å². The molecule has 6 heteroatoms. The zero-order valence-corrected chi connectivity index (χ0v) is 17.1. The van der Waals surface area contributed by atoms with Gasteiger partial charge in [0, 0.05) is 68.3 Å². The van der Waals surface area contributed by atoms with Crippen molar-refractivity contribution >= 4 is 53.7 Å². The molecule has 2 aromatic carbocycles. The van der Waals surface area contributed by atoms with Gasteiger partial charge in [0.05, 0.1) is 0 Å². The highest BCUT2D eigenvalue weighted by Crippen LogP contribution is 2.31. The molecule has 0 spiro atoms. The van der Waals surface area contributed by atoms with Gasteiger partial charge in [-0.2, -0.15) is 0 Å². The number of halogens is 2. The number of hydrogen-bond donors (Lipinski definition) is 4. The summed E-state index contributed by atoms with van der Waals surface area (Å²) < 4.78 is 2.19. The Balaban J connectivity index is 1.38. The highest BCUT2D eigenvalue weighted by Gasteiger charge is 2.25. The van der Waals surface area contributed by atoms with Gasteiger partial charge in [-0.05, 0) is 35.4 Å². The molecule has 0 bridgehead atoms. The van der Waals surface area contributed by atoms with E-state index >= 15 is 0 Å². The van der Waals surface area contributed by atoms with Gasteiger partial charge in [0.25, 0.3) is 0 Å². The summed E-state index contributed by atoms with van der Waals surface area (Å²) in [6, 6.07) is 13.4. The number of fused-ring (bicyclic) bond motifs is 2. The topological polar surface area (TPSA) is 55.6 Å². The molecule has 5 rings (SSSR count). The van der Waals surface area contributed by atoms with Crippen LogP contribution in [0.5, 0.6) is 0 Å². The van der Waals surface area contributed by atoms with Crippen LogP contribution < -0.4 is 10.6 Å². The van der Waals surface area contributed by atoms with Gasteiger partial charge in [0.15, 0.2) is 0 Å². The van der Waals surface area contributed by atoms with Crippen molar-refractivity contribution in [2.75, 3.05) is 13.1 Å². The van der Waals surface area contributed by atoms with Gasteiger partial charge in [0.1, 0.15) is 0 Å². The molecule has 0 saturated carbocycles. The van der Waals surface area contributed by atoms with Gasteiger partial charge in [-0.15, -0.1) is 0 Å². The lowest BCUT2D eigenvalue weighted by Gasteiger charge is -2.31. The average molecular weight is 474 g/mol. The maximum absolute atomic E-state index is 3.73. The molecule has 132 valence electrons. The largest absolute Gasteiger partial charge is 0.361 e. The molecule has 0 amide bonds. The van der Waals surface area contributed by atoms with E-state index in [4.69, 9.17) is 0 Å². The number of piperazine rings is 1. The third-order valence-electron chi connectivity index (χ3n) is 5.24. The van der Waals surface area contributed by atoms with Crippen molar-refractivity contribution in [3.8, 4) is 0 Å². The number of aromatic amines is 2. The van der Waals surface area contributed by atoms with Crippen LogP contribution in [0.15, 0.2) is 57.7 Å². The van der Waals surface area contributed by atoms with Crippen molar-refractivity contribution in [2.45, 2.75) is 12.1 Å². The summed E-state index contributed by atoms with van der Waals surface area (Å²) in [5.74, 6) is 0. The predicted molar refractivity (Wildman–Crippen MR) is 113 cm³/mol. The molecule has 2 unspecified atom stereocenters. The Labute approximate surface area is 168 Å². The molecule has 0 radical (unpaired) electrons. The Kier molecular flexibility index (Phi) is 4.16. The van der Waals surface area contributed by atoms with Crippen LogP contribution in [0.2, 0.25) is 0 Å². The normalized spacial score (nSPS) is 20.8. The summed E-state index contributed by atoms with van der Waals surface area (Å²) in [6.07, 6.45) is 4.25. The van der Waals surface area contributed by atoms with Crippen LogP contribution in [0.1, 0.15) is 23.2 Å². The standard InChI is InChI=1S/C20H18Br2N4/c21-11-1-3-13-15(7-23-17(13)5-11)19-9-26-20(10-25-19)16-8-24-18-6-12(22)2-4-14(16)18/h1-8,19-20,23-26H,9-10H2. The SMILES string of the molecule is Brc1ccc2c(C3CNC(c4c[nH]c5cc(Br)ccc45)CN3)c[nH]c2c1. The van der Waals surface area contributed by atoms with Crippen LogP contribution in [0.4, 0.5) is 0 Å². The number of nitrogens with one attached hydrogen (secondary N) is 4. The number of hydrogen-bond acceptors (Lipinski definition) is 2. The van der Waals surface area contributed by atoms with E-state index in [-0.39, 0.29) is 0 Å². The van der Waals surface area contributed by atoms with Crippen LogP contribution in [0.25, 0.3) is 21.8 Å². The Morgan fingerprint density at radius 3 is 1.58 bits per heavy atom. The number of rotatable bonds is 2. The zero-order chi connectivity index (χ0) is 17.7. The van der Waals surface area contributed by atoms with Crippen molar-refractivity contribution < 1.29 is 0 Å². The first-order valence-electron chi connectivity index (χ1n) is 8.69. The zero-order valence-electron chi connectivity index (χ0n) is 13.9. The van der Waals surface area contributed by atoms with Gasteiger partial charge in [-0.3, -0.25) is 0 Å². The summed E-state index contributed by atoms with van der Waals surface area (Å²) in [5.41, 5.74) is 4.98. The summed E-state index contributed by atoms with van der Waals surface area (Å²) in [6.45, 7) is 1.80. The Hall–Kier alpha value is -1.60. The second kappa shape index (κ2) is 6.53. The molecule has 1 saturated heterocycles. The summed E-state index contributed by atoms with van der Waals surface area (Å²) in [5, 5.41) is 10.0. The lowest BCUT2D eigenvalue weighted by Crippen LogP contribution is -2.44. The highest BCUT2D eigenvalue weighted by atomic mass is 79.9. The average Bonchev–Trinajstić information content (AvgIpc) is 3.25. The predicted octanol–water partition coefficient (Wildman–Crippen LogP) is 5.15. The highest BCUT2D eigenvalue weighted by molar-refractivity contribution is 9.10. The third kappa shape index (κ3) is 2.81. The minimum absolute atomic E-state index is 0.306. The Bertz CT molecular complexity index is 1000. The second-order valence-electron chi connectivity index (χ2n) is 6.79. The van der Waals surface area contributed by atoms with Crippen molar-refractivity contribution in [1.29, 1.82) is 0 Å². The van der Waals surface area contributed by atoms with E-state index in [1.165, 1.54) is 32.9 Å². The molecule has 26 heavy (non-hydrogen) atoms. The van der Waals surface area contributed by atoms with Crippen LogP contribution in [-0.2, 0) is 0 Å². The van der Waals surface area contributed by atoms with Gasteiger partial charge >= 0.3 is 0 Å². The van der Waals surface area contributed by atoms with Gasteiger partial charge in [-0.25, -0.2) is 0 Å². The molecule has 2 atom stereocenters. The molecule has 1 aliphatic rings. The second-order valence-corrected chi connectivity index (χ2v) is 8.62. The van der Waals surface area contributed by atoms with E-state index in [9.17, 15) is 0 Å². The fraction of sp³-hybridized carbons (Fsp3) is 0.200. The van der Waals surface area contributed by atoms with Crippen molar-refractivity contribution in [1.82, 2.24) is 20.6 Å². The Morgan fingerprint density at radius 2 is 1.15 bits per heavy atom. The third-order valence-corrected chi connectivity index (χ3v) is 6.23. The van der Waals surface area contributed by atoms with E-state index in [0.717, 1.165) is 22.0 Å². The molecule has 4 aromatic rings. The maximum Gasteiger partial charge on any atom is 0.0468 e. The maximum atomic E-state index is 3.73. The quantitative estimate of drug-likeness (QED) is 0.325. The summed E-state index contributed by atoms with van der Waals surface area (Å²) in [7, 11) is 0. The first-order valence-corrected chi connectivity index (χ1v) is 10.3. The van der Waals surface area contributed by atoms with Crippen molar-refractivity contribution in [2.24, 2.45) is 0 Å². The number of aromatic nitrogens is 2. The van der Waals surface area contributed by atoms with E-state index in [1.54, 1.807) is 0 Å². The smallest absolute Gasteiger partial charge is 0.0468 e. The molecule has 0 aliphatic carbocycles. The summed E-state index contributed by atoms with van der Waals surface area (Å²) >= 11 is 7.08. The molecule has 2 aromatic heterocycles. The van der Waals surface area contributed by atoms with Crippen molar-refractivity contribution in [3.05, 3.63) is 68.9 Å². The number of H-pyrrole nitrogens is 2. The van der Waals surface area contributed by atoms with E-state index < -0.39 is 0 Å². The fourth-order valence-corrected chi connectivity index (χ4v) is 4.64. The molecule has 4 N–H and O–H groups in total. The fourth-order valence-electron chi connectivity index (χ4n) is 3.92. The molecule has 1 fully saturated rings. The lowest BCUT2D eigenvalue weighted by molar-refractivity contribution is 0.359. The first-order chi connectivity index (χ1) is 12.7. The van der Waals surface area contributed by atoms with Crippen LogP contribution in [0.3, 0.4) is 0 Å². The summed E-state index contributed by atoms with van der Waals surface area (Å²) in [4.78, 5) is 6.77. The minimum atomic E-state index is 0.306. The first kappa shape index (κ1) is 16.6. The van der Waals surface area contributed by atoms with Gasteiger partial charge in [-0.1, -0.05) is 44.0 Å². The monoisotopic (exact) mass is 472 g/mol. The van der Waals surface area contributed by atoms with Crippen molar-refractivity contribution in [3.63, 3.8) is 0 Å². The molecular formula is C20H18Br2N4. The lowest BCUT2D eigenvalue weighted by atomic mass is 9.99. The van der Waals surface area contributed by atoms with E-state index in [1.807, 2.05) is 0 Å². The Morgan fingerprint density at radius 1 is 0.692 bits per heavy atom.